The molecule has 1 aromatic rings. The first-order valence-corrected chi connectivity index (χ1v) is 6.63. The lowest BCUT2D eigenvalue weighted by molar-refractivity contribution is 0.0696. The molecule has 104 valence electrons. The van der Waals surface area contributed by atoms with Crippen molar-refractivity contribution in [3.05, 3.63) is 16.8 Å². The average molecular weight is 265 g/mol. The molecule has 6 heteroatoms. The van der Waals surface area contributed by atoms with E-state index in [9.17, 15) is 9.90 Å². The van der Waals surface area contributed by atoms with Gasteiger partial charge in [0.1, 0.15) is 5.56 Å². The largest absolute Gasteiger partial charge is 0.478 e. The zero-order chi connectivity index (χ0) is 13.8. The number of carboxylic acid groups (broad SMARTS) is 1. The molecule has 6 nitrogen and oxygen atoms in total. The van der Waals surface area contributed by atoms with Crippen LogP contribution in [0.2, 0.25) is 0 Å². The van der Waals surface area contributed by atoms with E-state index in [0.717, 1.165) is 17.7 Å². The van der Waals surface area contributed by atoms with Gasteiger partial charge >= 0.3 is 5.97 Å². The van der Waals surface area contributed by atoms with Crippen LogP contribution in [-0.4, -0.2) is 40.5 Å². The number of aryl methyl sites for hydroxylation is 1. The molecule has 0 saturated carbocycles. The average Bonchev–Trinajstić information content (AvgIpc) is 2.90. The Morgan fingerprint density at radius 1 is 1.42 bits per heavy atom. The standard InChI is InChI=1S/C13H19N3O3/c1-3-9-10(4-2)15-16-12(11(9)13(17)18)14-8-5-6-19-7-8/h8H,3-7H2,1-2H3,(H,14,16)(H,17,18). The maximum absolute atomic E-state index is 11.5. The Balaban J connectivity index is 2.38. The molecule has 0 aromatic carbocycles. The molecule has 2 N–H and O–H groups in total. The van der Waals surface area contributed by atoms with E-state index in [0.29, 0.717) is 31.9 Å². The van der Waals surface area contributed by atoms with Gasteiger partial charge in [-0.05, 0) is 24.8 Å². The summed E-state index contributed by atoms with van der Waals surface area (Å²) in [4.78, 5) is 11.5. The fraction of sp³-hybridized carbons (Fsp3) is 0.615. The predicted octanol–water partition coefficient (Wildman–Crippen LogP) is 1.50. The van der Waals surface area contributed by atoms with Gasteiger partial charge in [0.2, 0.25) is 0 Å². The van der Waals surface area contributed by atoms with E-state index in [4.69, 9.17) is 4.74 Å². The molecule has 1 fully saturated rings. The first-order valence-electron chi connectivity index (χ1n) is 6.63. The summed E-state index contributed by atoms with van der Waals surface area (Å²) in [5, 5.41) is 20.8. The van der Waals surface area contributed by atoms with Gasteiger partial charge < -0.3 is 15.2 Å². The van der Waals surface area contributed by atoms with Crippen molar-refractivity contribution < 1.29 is 14.6 Å². The summed E-state index contributed by atoms with van der Waals surface area (Å²) in [6, 6.07) is 0.115. The molecule has 0 aliphatic carbocycles. The summed E-state index contributed by atoms with van der Waals surface area (Å²) in [6.07, 6.45) is 2.18. The van der Waals surface area contributed by atoms with Crippen LogP contribution in [0.25, 0.3) is 0 Å². The van der Waals surface area contributed by atoms with E-state index in [1.54, 1.807) is 0 Å². The highest BCUT2D eigenvalue weighted by Gasteiger charge is 2.23. The number of aromatic carboxylic acids is 1. The molecule has 1 unspecified atom stereocenters. The smallest absolute Gasteiger partial charge is 0.339 e. The first-order chi connectivity index (χ1) is 9.17. The third kappa shape index (κ3) is 2.84. The first kappa shape index (κ1) is 13.7. The van der Waals surface area contributed by atoms with Gasteiger partial charge in [0.25, 0.3) is 0 Å². The summed E-state index contributed by atoms with van der Waals surface area (Å²) >= 11 is 0. The lowest BCUT2D eigenvalue weighted by Crippen LogP contribution is -2.23. The van der Waals surface area contributed by atoms with Crippen molar-refractivity contribution in [3.63, 3.8) is 0 Å². The number of ether oxygens (including phenoxy) is 1. The highest BCUT2D eigenvalue weighted by molar-refractivity contribution is 5.95. The van der Waals surface area contributed by atoms with E-state index in [1.807, 2.05) is 13.8 Å². The number of nitrogens with one attached hydrogen (secondary N) is 1. The highest BCUT2D eigenvalue weighted by Crippen LogP contribution is 2.22. The molecule has 1 atom stereocenters. The summed E-state index contributed by atoms with van der Waals surface area (Å²) in [5.41, 5.74) is 1.78. The maximum atomic E-state index is 11.5. The van der Waals surface area contributed by atoms with E-state index in [2.05, 4.69) is 15.5 Å². The topological polar surface area (TPSA) is 84.3 Å². The van der Waals surface area contributed by atoms with Crippen molar-refractivity contribution in [3.8, 4) is 0 Å². The fourth-order valence-electron chi connectivity index (χ4n) is 2.35. The van der Waals surface area contributed by atoms with E-state index in [-0.39, 0.29) is 11.6 Å². The quantitative estimate of drug-likeness (QED) is 0.839. The number of nitrogens with zero attached hydrogens (tertiary/aromatic N) is 2. The van der Waals surface area contributed by atoms with Crippen molar-refractivity contribution in [1.29, 1.82) is 0 Å². The summed E-state index contributed by atoms with van der Waals surface area (Å²) in [6.45, 7) is 5.16. The second-order valence-electron chi connectivity index (χ2n) is 4.57. The Morgan fingerprint density at radius 3 is 2.74 bits per heavy atom. The van der Waals surface area contributed by atoms with Crippen molar-refractivity contribution in [2.75, 3.05) is 18.5 Å². The molecular formula is C13H19N3O3. The van der Waals surface area contributed by atoms with Crippen LogP contribution in [-0.2, 0) is 17.6 Å². The summed E-state index contributed by atoms with van der Waals surface area (Å²) in [5.74, 6) is -0.597. The van der Waals surface area contributed by atoms with Crippen LogP contribution in [0.5, 0.6) is 0 Å². The van der Waals surface area contributed by atoms with Gasteiger partial charge in [-0.25, -0.2) is 4.79 Å². The maximum Gasteiger partial charge on any atom is 0.339 e. The van der Waals surface area contributed by atoms with Gasteiger partial charge in [0.05, 0.1) is 18.3 Å². The van der Waals surface area contributed by atoms with Gasteiger partial charge in [0, 0.05) is 6.61 Å². The van der Waals surface area contributed by atoms with Crippen LogP contribution in [0.4, 0.5) is 5.82 Å². The van der Waals surface area contributed by atoms with E-state index < -0.39 is 5.97 Å². The van der Waals surface area contributed by atoms with Crippen LogP contribution < -0.4 is 5.32 Å². The molecule has 1 aliphatic rings. The minimum Gasteiger partial charge on any atom is -0.478 e. The third-order valence-corrected chi connectivity index (χ3v) is 3.33. The third-order valence-electron chi connectivity index (χ3n) is 3.33. The Morgan fingerprint density at radius 2 is 2.21 bits per heavy atom. The molecule has 0 bridgehead atoms. The van der Waals surface area contributed by atoms with E-state index in [1.165, 1.54) is 0 Å². The number of carbonyl (C=O) groups is 1. The van der Waals surface area contributed by atoms with Gasteiger partial charge in [0.15, 0.2) is 5.82 Å². The molecule has 0 amide bonds. The van der Waals surface area contributed by atoms with Crippen LogP contribution in [0, 0.1) is 0 Å². The molecule has 1 saturated heterocycles. The number of hydrogen-bond acceptors (Lipinski definition) is 5. The summed E-state index contributed by atoms with van der Waals surface area (Å²) in [7, 11) is 0. The normalized spacial score (nSPS) is 18.5. The Labute approximate surface area is 112 Å². The lowest BCUT2D eigenvalue weighted by atomic mass is 10.0. The monoisotopic (exact) mass is 265 g/mol. The minimum absolute atomic E-state index is 0.115. The van der Waals surface area contributed by atoms with Crippen molar-refractivity contribution in [2.45, 2.75) is 39.2 Å². The second kappa shape index (κ2) is 5.97. The highest BCUT2D eigenvalue weighted by atomic mass is 16.5. The zero-order valence-corrected chi connectivity index (χ0v) is 11.3. The molecule has 1 aliphatic heterocycles. The summed E-state index contributed by atoms with van der Waals surface area (Å²) < 4.78 is 5.27. The SMILES string of the molecule is CCc1nnc(NC2CCOC2)c(C(=O)O)c1CC. The predicted molar refractivity (Wildman–Crippen MR) is 70.6 cm³/mol. The molecular weight excluding hydrogens is 246 g/mol. The number of anilines is 1. The Bertz CT molecular complexity index is 470. The number of hydrogen-bond donors (Lipinski definition) is 2. The van der Waals surface area contributed by atoms with Gasteiger partial charge in [-0.15, -0.1) is 5.10 Å². The molecule has 0 radical (unpaired) electrons. The van der Waals surface area contributed by atoms with E-state index >= 15 is 0 Å². The van der Waals surface area contributed by atoms with Crippen molar-refractivity contribution in [1.82, 2.24) is 10.2 Å². The fourth-order valence-corrected chi connectivity index (χ4v) is 2.35. The van der Waals surface area contributed by atoms with Crippen LogP contribution in [0.15, 0.2) is 0 Å². The van der Waals surface area contributed by atoms with Gasteiger partial charge in [-0.2, -0.15) is 5.10 Å². The molecule has 19 heavy (non-hydrogen) atoms. The van der Waals surface area contributed by atoms with Gasteiger partial charge in [-0.1, -0.05) is 13.8 Å². The molecule has 1 aromatic heterocycles. The minimum atomic E-state index is -0.956. The molecule has 2 rings (SSSR count). The number of rotatable bonds is 5. The zero-order valence-electron chi connectivity index (χ0n) is 11.3. The van der Waals surface area contributed by atoms with Crippen LogP contribution in [0.1, 0.15) is 41.9 Å². The van der Waals surface area contributed by atoms with Crippen LogP contribution in [0.3, 0.4) is 0 Å². The molecule has 0 spiro atoms. The van der Waals surface area contributed by atoms with Gasteiger partial charge in [-0.3, -0.25) is 0 Å². The molecule has 2 heterocycles. The lowest BCUT2D eigenvalue weighted by Gasteiger charge is -2.16. The van der Waals surface area contributed by atoms with Crippen LogP contribution >= 0.6 is 0 Å². The van der Waals surface area contributed by atoms with Crippen molar-refractivity contribution >= 4 is 11.8 Å². The number of carboxylic acids is 1. The Hall–Kier alpha value is -1.69. The number of aromatic nitrogens is 2. The van der Waals surface area contributed by atoms with Crippen molar-refractivity contribution in [2.24, 2.45) is 0 Å². The Kier molecular flexibility index (Phi) is 4.31. The second-order valence-corrected chi connectivity index (χ2v) is 4.57.